The molecule has 0 fully saturated rings. The predicted molar refractivity (Wildman–Crippen MR) is 45.5 cm³/mol. The molecule has 0 spiro atoms. The van der Waals surface area contributed by atoms with Crippen LogP contribution in [0.5, 0.6) is 5.75 Å². The van der Waals surface area contributed by atoms with E-state index in [9.17, 15) is 8.76 Å². The molecule has 3 nitrogen and oxygen atoms in total. The average molecular weight is 185 g/mol. The molecular weight excluding hydrogens is 176 g/mol. The standard InChI is InChI=1S/C8H10O3S/c1-6-3-4-8(5-7(6)2)11-12(9)10/h3-5H,1-2H3,(H,9,10)/p-1. The second-order valence-electron chi connectivity index (χ2n) is 2.53. The Hall–Kier alpha value is -0.870. The van der Waals surface area contributed by atoms with Gasteiger partial charge in [-0.1, -0.05) is 6.07 Å². The highest BCUT2D eigenvalue weighted by molar-refractivity contribution is 7.74. The first-order valence-electron chi connectivity index (χ1n) is 3.44. The molecule has 0 aliphatic heterocycles. The van der Waals surface area contributed by atoms with Gasteiger partial charge in [0.2, 0.25) is 0 Å². The highest BCUT2D eigenvalue weighted by Crippen LogP contribution is 2.16. The van der Waals surface area contributed by atoms with Crippen molar-refractivity contribution in [3.05, 3.63) is 29.3 Å². The SMILES string of the molecule is Cc1ccc(OS(=O)[O-])cc1C. The summed E-state index contributed by atoms with van der Waals surface area (Å²) >= 11 is -2.48. The lowest BCUT2D eigenvalue weighted by Gasteiger charge is -2.08. The third-order valence-electron chi connectivity index (χ3n) is 1.64. The molecule has 12 heavy (non-hydrogen) atoms. The lowest BCUT2D eigenvalue weighted by Crippen LogP contribution is -1.98. The summed E-state index contributed by atoms with van der Waals surface area (Å²) in [7, 11) is 0. The van der Waals surface area contributed by atoms with Gasteiger partial charge < -0.3 is 8.74 Å². The largest absolute Gasteiger partial charge is 0.740 e. The molecule has 1 aromatic rings. The van der Waals surface area contributed by atoms with Crippen LogP contribution in [0, 0.1) is 13.8 Å². The molecule has 0 saturated heterocycles. The molecule has 1 rings (SSSR count). The van der Waals surface area contributed by atoms with Crippen molar-refractivity contribution >= 4 is 11.4 Å². The maximum Gasteiger partial charge on any atom is 0.139 e. The molecule has 0 amide bonds. The Kier molecular flexibility index (Phi) is 2.83. The van der Waals surface area contributed by atoms with E-state index in [1.165, 1.54) is 0 Å². The van der Waals surface area contributed by atoms with Gasteiger partial charge in [0.15, 0.2) is 0 Å². The Morgan fingerprint density at radius 1 is 1.33 bits per heavy atom. The van der Waals surface area contributed by atoms with Gasteiger partial charge in [0.1, 0.15) is 17.1 Å². The molecule has 1 aromatic carbocycles. The zero-order valence-electron chi connectivity index (χ0n) is 6.87. The fraction of sp³-hybridized carbons (Fsp3) is 0.250. The quantitative estimate of drug-likeness (QED) is 0.655. The van der Waals surface area contributed by atoms with Crippen molar-refractivity contribution in [2.24, 2.45) is 0 Å². The van der Waals surface area contributed by atoms with E-state index in [0.717, 1.165) is 11.1 Å². The van der Waals surface area contributed by atoms with Gasteiger partial charge in [-0.2, -0.15) is 0 Å². The van der Waals surface area contributed by atoms with Crippen LogP contribution in [0.15, 0.2) is 18.2 Å². The van der Waals surface area contributed by atoms with Crippen molar-refractivity contribution in [2.75, 3.05) is 0 Å². The number of hydrogen-bond acceptors (Lipinski definition) is 3. The minimum absolute atomic E-state index is 0.353. The number of hydrogen-bond donors (Lipinski definition) is 0. The van der Waals surface area contributed by atoms with E-state index in [1.807, 2.05) is 19.9 Å². The molecule has 0 aliphatic carbocycles. The smallest absolute Gasteiger partial charge is 0.139 e. The van der Waals surface area contributed by atoms with Gasteiger partial charge in [0.05, 0.1) is 0 Å². The summed E-state index contributed by atoms with van der Waals surface area (Å²) in [5.74, 6) is 0.353. The second-order valence-corrected chi connectivity index (χ2v) is 3.11. The summed E-state index contributed by atoms with van der Waals surface area (Å²) in [5, 5.41) is 0. The highest BCUT2D eigenvalue weighted by Gasteiger charge is 1.96. The third kappa shape index (κ3) is 2.32. The van der Waals surface area contributed by atoms with Crippen LogP contribution in [0.3, 0.4) is 0 Å². The highest BCUT2D eigenvalue weighted by atomic mass is 32.2. The van der Waals surface area contributed by atoms with E-state index >= 15 is 0 Å². The minimum atomic E-state index is -2.48. The van der Waals surface area contributed by atoms with Crippen LogP contribution < -0.4 is 4.18 Å². The van der Waals surface area contributed by atoms with Gasteiger partial charge in [-0.3, -0.25) is 0 Å². The summed E-state index contributed by atoms with van der Waals surface area (Å²) in [6.45, 7) is 3.85. The molecule has 0 aromatic heterocycles. The van der Waals surface area contributed by atoms with Crippen molar-refractivity contribution in [2.45, 2.75) is 13.8 Å². The molecular formula is C8H9O3S-. The fourth-order valence-corrected chi connectivity index (χ4v) is 1.11. The molecule has 4 heteroatoms. The first-order chi connectivity index (χ1) is 5.59. The van der Waals surface area contributed by atoms with Gasteiger partial charge in [0, 0.05) is 0 Å². The van der Waals surface area contributed by atoms with Crippen LogP contribution in [0.4, 0.5) is 0 Å². The lowest BCUT2D eigenvalue weighted by molar-refractivity contribution is 0.440. The van der Waals surface area contributed by atoms with Crippen molar-refractivity contribution in [1.29, 1.82) is 0 Å². The maximum absolute atomic E-state index is 10.1. The van der Waals surface area contributed by atoms with Gasteiger partial charge in [0.25, 0.3) is 0 Å². The van der Waals surface area contributed by atoms with Crippen molar-refractivity contribution in [3.8, 4) is 5.75 Å². The zero-order valence-corrected chi connectivity index (χ0v) is 7.68. The normalized spacial score (nSPS) is 12.6. The molecule has 0 radical (unpaired) electrons. The Balaban J connectivity index is 2.89. The van der Waals surface area contributed by atoms with Gasteiger partial charge in [-0.25, -0.2) is 4.21 Å². The number of rotatable bonds is 2. The van der Waals surface area contributed by atoms with Gasteiger partial charge >= 0.3 is 0 Å². The first kappa shape index (κ1) is 9.22. The van der Waals surface area contributed by atoms with Crippen LogP contribution in [0.1, 0.15) is 11.1 Å². The summed E-state index contributed by atoms with van der Waals surface area (Å²) < 4.78 is 24.8. The van der Waals surface area contributed by atoms with E-state index in [1.54, 1.807) is 12.1 Å². The van der Waals surface area contributed by atoms with Gasteiger partial charge in [-0.05, 0) is 37.1 Å². The number of aryl methyl sites for hydroxylation is 2. The maximum atomic E-state index is 10.1. The molecule has 0 aliphatic rings. The molecule has 66 valence electrons. The average Bonchev–Trinajstić information content (AvgIpc) is 1.96. The van der Waals surface area contributed by atoms with Crippen LogP contribution >= 0.6 is 0 Å². The minimum Gasteiger partial charge on any atom is -0.740 e. The Labute approximate surface area is 73.9 Å². The van der Waals surface area contributed by atoms with Gasteiger partial charge in [-0.15, -0.1) is 0 Å². The number of benzene rings is 1. The van der Waals surface area contributed by atoms with Crippen LogP contribution in [0.25, 0.3) is 0 Å². The monoisotopic (exact) mass is 185 g/mol. The topological polar surface area (TPSA) is 49.4 Å². The summed E-state index contributed by atoms with van der Waals surface area (Å²) in [6.07, 6.45) is 0. The summed E-state index contributed by atoms with van der Waals surface area (Å²) in [5.41, 5.74) is 2.12. The fourth-order valence-electron chi connectivity index (χ4n) is 0.844. The molecule has 0 heterocycles. The Morgan fingerprint density at radius 3 is 2.50 bits per heavy atom. The van der Waals surface area contributed by atoms with Crippen LogP contribution in [0.2, 0.25) is 0 Å². The van der Waals surface area contributed by atoms with Crippen molar-refractivity contribution < 1.29 is 12.9 Å². The first-order valence-corrected chi connectivity index (χ1v) is 4.44. The molecule has 0 bridgehead atoms. The Bertz CT molecular complexity index is 309. The van der Waals surface area contributed by atoms with E-state index in [0.29, 0.717) is 5.75 Å². The second kappa shape index (κ2) is 3.69. The van der Waals surface area contributed by atoms with E-state index < -0.39 is 11.4 Å². The third-order valence-corrected chi connectivity index (χ3v) is 1.97. The Morgan fingerprint density at radius 2 is 2.00 bits per heavy atom. The van der Waals surface area contributed by atoms with Crippen LogP contribution in [-0.4, -0.2) is 8.76 Å². The van der Waals surface area contributed by atoms with Crippen LogP contribution in [-0.2, 0) is 11.4 Å². The lowest BCUT2D eigenvalue weighted by atomic mass is 10.1. The van der Waals surface area contributed by atoms with E-state index in [4.69, 9.17) is 0 Å². The van der Waals surface area contributed by atoms with Crippen molar-refractivity contribution in [1.82, 2.24) is 0 Å². The summed E-state index contributed by atoms with van der Waals surface area (Å²) in [6, 6.07) is 5.13. The summed E-state index contributed by atoms with van der Waals surface area (Å²) in [4.78, 5) is 0. The molecule has 1 atom stereocenters. The molecule has 1 unspecified atom stereocenters. The molecule has 0 N–H and O–H groups in total. The predicted octanol–water partition coefficient (Wildman–Crippen LogP) is 1.48. The van der Waals surface area contributed by atoms with E-state index in [-0.39, 0.29) is 0 Å². The zero-order chi connectivity index (χ0) is 9.14. The van der Waals surface area contributed by atoms with Crippen molar-refractivity contribution in [3.63, 3.8) is 0 Å². The molecule has 0 saturated carbocycles. The van der Waals surface area contributed by atoms with E-state index in [2.05, 4.69) is 4.18 Å².